The second-order valence-electron chi connectivity index (χ2n) is 13.6. The second kappa shape index (κ2) is 12.2. The lowest BCUT2D eigenvalue weighted by Crippen LogP contribution is -2.01. The van der Waals surface area contributed by atoms with E-state index in [1.165, 1.54) is 5.56 Å². The van der Waals surface area contributed by atoms with E-state index in [0.29, 0.717) is 17.5 Å². The summed E-state index contributed by atoms with van der Waals surface area (Å²) >= 11 is 0. The zero-order valence-electron chi connectivity index (χ0n) is 29.0. The maximum Gasteiger partial charge on any atom is 0.167 e. The number of pyridine rings is 1. The molecule has 0 saturated heterocycles. The second-order valence-corrected chi connectivity index (χ2v) is 13.6. The first-order chi connectivity index (χ1) is 26.8. The van der Waals surface area contributed by atoms with Gasteiger partial charge in [-0.1, -0.05) is 140 Å². The third-order valence-electron chi connectivity index (χ3n) is 10.4. The van der Waals surface area contributed by atoms with Crippen LogP contribution in [-0.4, -0.2) is 19.9 Å². The number of furan rings is 2. The molecule has 6 aromatic carbocycles. The minimum absolute atomic E-state index is 0.555. The van der Waals surface area contributed by atoms with Gasteiger partial charge in [0.25, 0.3) is 0 Å². The number of para-hydroxylation sites is 2. The Morgan fingerprint density at radius 3 is 1.91 bits per heavy atom. The minimum atomic E-state index is 0.555. The summed E-state index contributed by atoms with van der Waals surface area (Å²) in [5, 5.41) is 4.23. The standard InChI is InChI=1S/C48H30N4O2/c1-2-13-31(14-3-1)46-50-47(52-48(51-46)39-22-12-21-35-33-16-8-10-23-40(33)53-44(35)39)37-19-7-4-15-32(37)29-25-27-30(28-26-29)42-34-17-5-6-18-36(34)45-43(49-42)38-20-9-11-24-41(38)54-45/h1-8,10-19,21-28H,9,20H2. The van der Waals surface area contributed by atoms with Crippen molar-refractivity contribution in [2.24, 2.45) is 0 Å². The highest BCUT2D eigenvalue weighted by molar-refractivity contribution is 6.10. The molecule has 0 radical (unpaired) electrons. The molecule has 1 aliphatic rings. The van der Waals surface area contributed by atoms with Crippen LogP contribution in [0, 0.1) is 0 Å². The number of allylic oxidation sites excluding steroid dienone is 1. The number of aryl methyl sites for hydroxylation is 1. The molecule has 1 aliphatic carbocycles. The quantitative estimate of drug-likeness (QED) is 0.178. The molecule has 10 aromatic rings. The number of hydrogen-bond acceptors (Lipinski definition) is 6. The van der Waals surface area contributed by atoms with E-state index in [1.807, 2.05) is 66.7 Å². The first kappa shape index (κ1) is 30.4. The summed E-state index contributed by atoms with van der Waals surface area (Å²) in [4.78, 5) is 20.6. The van der Waals surface area contributed by atoms with Gasteiger partial charge in [0, 0.05) is 43.8 Å². The molecule has 0 fully saturated rings. The van der Waals surface area contributed by atoms with Crippen molar-refractivity contribution < 1.29 is 8.83 Å². The van der Waals surface area contributed by atoms with Crippen molar-refractivity contribution in [3.63, 3.8) is 0 Å². The van der Waals surface area contributed by atoms with Crippen molar-refractivity contribution in [1.82, 2.24) is 19.9 Å². The lowest BCUT2D eigenvalue weighted by molar-refractivity contribution is 0.598. The lowest BCUT2D eigenvalue weighted by Gasteiger charge is -2.13. The molecule has 4 aromatic heterocycles. The molecule has 0 aliphatic heterocycles. The molecule has 11 rings (SSSR count). The maximum atomic E-state index is 6.43. The SMILES string of the molecule is C1=Cc2oc3c(nc(-c4ccc(-c5ccccc5-c5nc(-c6ccccc6)nc(-c6cccc7c6oc6ccccc67)n5)cc4)c4ccccc43)c2CC1. The van der Waals surface area contributed by atoms with Crippen molar-refractivity contribution in [2.45, 2.75) is 12.8 Å². The van der Waals surface area contributed by atoms with Crippen LogP contribution in [0.3, 0.4) is 0 Å². The molecule has 0 spiro atoms. The van der Waals surface area contributed by atoms with Gasteiger partial charge in [-0.2, -0.15) is 0 Å². The van der Waals surface area contributed by atoms with Gasteiger partial charge in [-0.25, -0.2) is 19.9 Å². The van der Waals surface area contributed by atoms with E-state index in [2.05, 4.69) is 91.0 Å². The van der Waals surface area contributed by atoms with Crippen molar-refractivity contribution in [3.05, 3.63) is 163 Å². The predicted octanol–water partition coefficient (Wildman–Crippen LogP) is 12.4. The van der Waals surface area contributed by atoms with Gasteiger partial charge in [-0.3, -0.25) is 0 Å². The topological polar surface area (TPSA) is 77.8 Å². The van der Waals surface area contributed by atoms with Crippen LogP contribution < -0.4 is 0 Å². The molecule has 6 nitrogen and oxygen atoms in total. The molecule has 0 amide bonds. The Labute approximate surface area is 310 Å². The van der Waals surface area contributed by atoms with Crippen molar-refractivity contribution in [1.29, 1.82) is 0 Å². The third-order valence-corrected chi connectivity index (χ3v) is 10.4. The monoisotopic (exact) mass is 694 g/mol. The summed E-state index contributed by atoms with van der Waals surface area (Å²) in [5.74, 6) is 2.66. The molecule has 0 saturated carbocycles. The van der Waals surface area contributed by atoms with Crippen molar-refractivity contribution in [3.8, 4) is 56.5 Å². The van der Waals surface area contributed by atoms with Crippen LogP contribution in [-0.2, 0) is 6.42 Å². The van der Waals surface area contributed by atoms with E-state index >= 15 is 0 Å². The summed E-state index contributed by atoms with van der Waals surface area (Å²) in [6, 6.07) is 49.6. The maximum absolute atomic E-state index is 6.43. The van der Waals surface area contributed by atoms with Gasteiger partial charge in [0.1, 0.15) is 22.4 Å². The van der Waals surface area contributed by atoms with Gasteiger partial charge in [0.15, 0.2) is 23.1 Å². The van der Waals surface area contributed by atoms with Gasteiger partial charge >= 0.3 is 0 Å². The fourth-order valence-corrected chi connectivity index (χ4v) is 7.84. The Bertz CT molecular complexity index is 3100. The van der Waals surface area contributed by atoms with Crippen LogP contribution in [0.25, 0.3) is 106 Å². The Balaban J connectivity index is 1.05. The summed E-state index contributed by atoms with van der Waals surface area (Å²) in [5.41, 5.74) is 11.3. The van der Waals surface area contributed by atoms with Crippen LogP contribution in [0.1, 0.15) is 17.7 Å². The molecule has 4 heterocycles. The Hall–Kier alpha value is -7.18. The van der Waals surface area contributed by atoms with Crippen LogP contribution in [0.2, 0.25) is 0 Å². The number of benzene rings is 6. The third kappa shape index (κ3) is 4.88. The fourth-order valence-electron chi connectivity index (χ4n) is 7.84. The van der Waals surface area contributed by atoms with Crippen LogP contribution >= 0.6 is 0 Å². The molecule has 0 atom stereocenters. The van der Waals surface area contributed by atoms with E-state index in [-0.39, 0.29) is 0 Å². The van der Waals surface area contributed by atoms with Crippen molar-refractivity contribution >= 4 is 49.9 Å². The fraction of sp³-hybridized carbons (Fsp3) is 0.0417. The van der Waals surface area contributed by atoms with E-state index in [4.69, 9.17) is 28.8 Å². The molecular formula is C48H30N4O2. The predicted molar refractivity (Wildman–Crippen MR) is 217 cm³/mol. The lowest BCUT2D eigenvalue weighted by atomic mass is 9.96. The average molecular weight is 695 g/mol. The molecule has 254 valence electrons. The Morgan fingerprint density at radius 2 is 1.06 bits per heavy atom. The molecule has 6 heteroatoms. The van der Waals surface area contributed by atoms with E-state index in [0.717, 1.165) is 101 Å². The largest absolute Gasteiger partial charge is 0.455 e. The van der Waals surface area contributed by atoms with E-state index in [9.17, 15) is 0 Å². The van der Waals surface area contributed by atoms with Gasteiger partial charge in [-0.05, 0) is 42.2 Å². The molecule has 0 N–H and O–H groups in total. The smallest absolute Gasteiger partial charge is 0.167 e. The number of aromatic nitrogens is 4. The van der Waals surface area contributed by atoms with Gasteiger partial charge in [0.2, 0.25) is 0 Å². The summed E-state index contributed by atoms with van der Waals surface area (Å²) < 4.78 is 12.8. The average Bonchev–Trinajstić information content (AvgIpc) is 3.82. The minimum Gasteiger partial charge on any atom is -0.455 e. The van der Waals surface area contributed by atoms with Gasteiger partial charge < -0.3 is 8.83 Å². The first-order valence-electron chi connectivity index (χ1n) is 18.2. The zero-order valence-corrected chi connectivity index (χ0v) is 29.0. The van der Waals surface area contributed by atoms with E-state index < -0.39 is 0 Å². The molecular weight excluding hydrogens is 665 g/mol. The van der Waals surface area contributed by atoms with Gasteiger partial charge in [-0.15, -0.1) is 0 Å². The zero-order chi connectivity index (χ0) is 35.6. The summed E-state index contributed by atoms with van der Waals surface area (Å²) in [6.07, 6.45) is 6.17. The Morgan fingerprint density at radius 1 is 0.426 bits per heavy atom. The highest BCUT2D eigenvalue weighted by Gasteiger charge is 2.22. The van der Waals surface area contributed by atoms with Gasteiger partial charge in [0.05, 0.1) is 11.3 Å². The highest BCUT2D eigenvalue weighted by atomic mass is 16.3. The first-order valence-corrected chi connectivity index (χ1v) is 18.2. The highest BCUT2D eigenvalue weighted by Crippen LogP contribution is 2.40. The van der Waals surface area contributed by atoms with Crippen LogP contribution in [0.4, 0.5) is 0 Å². The molecule has 54 heavy (non-hydrogen) atoms. The number of nitrogens with zero attached hydrogens (tertiary/aromatic N) is 4. The number of fused-ring (bicyclic) bond motifs is 8. The molecule has 0 unspecified atom stereocenters. The number of rotatable bonds is 5. The van der Waals surface area contributed by atoms with Crippen molar-refractivity contribution in [2.75, 3.05) is 0 Å². The summed E-state index contributed by atoms with van der Waals surface area (Å²) in [7, 11) is 0. The van der Waals surface area contributed by atoms with Crippen LogP contribution in [0.15, 0.2) is 161 Å². The van der Waals surface area contributed by atoms with Crippen LogP contribution in [0.5, 0.6) is 0 Å². The molecule has 0 bridgehead atoms. The van der Waals surface area contributed by atoms with E-state index in [1.54, 1.807) is 0 Å². The number of hydrogen-bond donors (Lipinski definition) is 0. The normalized spacial score (nSPS) is 12.6. The Kier molecular flexibility index (Phi) is 6.89. The summed E-state index contributed by atoms with van der Waals surface area (Å²) in [6.45, 7) is 0.